The summed E-state index contributed by atoms with van der Waals surface area (Å²) < 4.78 is 26.9. The third kappa shape index (κ3) is 4.35. The quantitative estimate of drug-likeness (QED) is 0.812. The molecule has 1 unspecified atom stereocenters. The lowest BCUT2D eigenvalue weighted by atomic mass is 10.0. The zero-order valence-corrected chi connectivity index (χ0v) is 11.1. The van der Waals surface area contributed by atoms with Gasteiger partial charge in [-0.2, -0.15) is 0 Å². The summed E-state index contributed by atoms with van der Waals surface area (Å²) in [4.78, 5) is 2.25. The predicted molar refractivity (Wildman–Crippen MR) is 70.4 cm³/mol. The first-order chi connectivity index (χ1) is 8.58. The van der Waals surface area contributed by atoms with Gasteiger partial charge in [0.25, 0.3) is 0 Å². The zero-order chi connectivity index (χ0) is 13.5. The predicted octanol–water partition coefficient (Wildman–Crippen LogP) is 2.57. The second-order valence-electron chi connectivity index (χ2n) is 4.48. The maximum Gasteiger partial charge on any atom is 0.129 e. The molecule has 0 amide bonds. The molecule has 0 aliphatic heterocycles. The molecule has 102 valence electrons. The molecule has 2 nitrogen and oxygen atoms in total. The molecule has 0 aliphatic carbocycles. The van der Waals surface area contributed by atoms with Gasteiger partial charge in [0.05, 0.1) is 0 Å². The highest BCUT2D eigenvalue weighted by Crippen LogP contribution is 2.14. The summed E-state index contributed by atoms with van der Waals surface area (Å²) in [5, 5.41) is 0. The number of nitrogens with two attached hydrogens (primary N) is 1. The fourth-order valence-electron chi connectivity index (χ4n) is 1.98. The summed E-state index contributed by atoms with van der Waals surface area (Å²) in [5.74, 6) is -1.01. The Labute approximate surface area is 108 Å². The van der Waals surface area contributed by atoms with Gasteiger partial charge in [-0.25, -0.2) is 8.78 Å². The normalized spacial score (nSPS) is 13.0. The molecular weight excluding hydrogens is 234 g/mol. The number of halogens is 2. The molecule has 4 heteroatoms. The van der Waals surface area contributed by atoms with Crippen molar-refractivity contribution in [1.82, 2.24) is 4.90 Å². The summed E-state index contributed by atoms with van der Waals surface area (Å²) in [6.07, 6.45) is 0.995. The van der Waals surface area contributed by atoms with Crippen molar-refractivity contribution < 1.29 is 8.78 Å². The van der Waals surface area contributed by atoms with Crippen LogP contribution in [0, 0.1) is 11.6 Å². The van der Waals surface area contributed by atoms with E-state index in [0.29, 0.717) is 0 Å². The Hall–Kier alpha value is -1.00. The smallest absolute Gasteiger partial charge is 0.129 e. The Morgan fingerprint density at radius 2 is 1.72 bits per heavy atom. The Balaban J connectivity index is 2.52. The van der Waals surface area contributed by atoms with E-state index in [4.69, 9.17) is 5.73 Å². The molecule has 0 saturated heterocycles. The third-order valence-corrected chi connectivity index (χ3v) is 3.24. The minimum absolute atomic E-state index is 0.101. The standard InChI is InChI=1S/C14H22F2N2/c1-3-18(4-2)9-8-11(17)10-12-13(15)6-5-7-14(12)16/h5-7,11H,3-4,8-10,17H2,1-2H3. The van der Waals surface area contributed by atoms with Crippen molar-refractivity contribution in [3.05, 3.63) is 35.4 Å². The Morgan fingerprint density at radius 1 is 1.17 bits per heavy atom. The van der Waals surface area contributed by atoms with E-state index >= 15 is 0 Å². The number of benzene rings is 1. The molecule has 0 radical (unpaired) electrons. The second kappa shape index (κ2) is 7.44. The number of hydrogen-bond acceptors (Lipinski definition) is 2. The highest BCUT2D eigenvalue weighted by atomic mass is 19.1. The topological polar surface area (TPSA) is 29.3 Å². The van der Waals surface area contributed by atoms with Crippen LogP contribution >= 0.6 is 0 Å². The average molecular weight is 256 g/mol. The van der Waals surface area contributed by atoms with Crippen LogP contribution < -0.4 is 5.73 Å². The average Bonchev–Trinajstić information content (AvgIpc) is 2.35. The molecular formula is C14H22F2N2. The molecule has 0 spiro atoms. The molecule has 0 aliphatic rings. The van der Waals surface area contributed by atoms with Crippen LogP contribution in [0.1, 0.15) is 25.8 Å². The third-order valence-electron chi connectivity index (χ3n) is 3.24. The molecule has 0 saturated carbocycles. The summed E-state index contributed by atoms with van der Waals surface area (Å²) in [7, 11) is 0. The highest BCUT2D eigenvalue weighted by Gasteiger charge is 2.13. The van der Waals surface area contributed by atoms with Crippen molar-refractivity contribution in [2.45, 2.75) is 32.7 Å². The van der Waals surface area contributed by atoms with Crippen LogP contribution in [-0.2, 0) is 6.42 Å². The van der Waals surface area contributed by atoms with E-state index in [1.165, 1.54) is 18.2 Å². The van der Waals surface area contributed by atoms with Crippen LogP contribution in [0.3, 0.4) is 0 Å². The minimum atomic E-state index is -0.506. The molecule has 0 bridgehead atoms. The fraction of sp³-hybridized carbons (Fsp3) is 0.571. The number of hydrogen-bond donors (Lipinski definition) is 1. The molecule has 2 N–H and O–H groups in total. The van der Waals surface area contributed by atoms with Crippen LogP contribution in [0.15, 0.2) is 18.2 Å². The van der Waals surface area contributed by atoms with Crippen LogP contribution in [0.2, 0.25) is 0 Å². The molecule has 1 atom stereocenters. The Bertz CT molecular complexity index is 345. The lowest BCUT2D eigenvalue weighted by Crippen LogP contribution is -2.32. The van der Waals surface area contributed by atoms with Crippen molar-refractivity contribution in [1.29, 1.82) is 0 Å². The first-order valence-electron chi connectivity index (χ1n) is 6.49. The van der Waals surface area contributed by atoms with Gasteiger partial charge in [0.2, 0.25) is 0 Å². The molecule has 0 aromatic heterocycles. The van der Waals surface area contributed by atoms with Gasteiger partial charge in [0.1, 0.15) is 11.6 Å². The number of rotatable bonds is 7. The summed E-state index contributed by atoms with van der Waals surface area (Å²) >= 11 is 0. The first kappa shape index (κ1) is 15.1. The molecule has 18 heavy (non-hydrogen) atoms. The van der Waals surface area contributed by atoms with Crippen LogP contribution in [0.25, 0.3) is 0 Å². The molecule has 0 fully saturated rings. The van der Waals surface area contributed by atoms with Gasteiger partial charge in [0.15, 0.2) is 0 Å². The fourth-order valence-corrected chi connectivity index (χ4v) is 1.98. The maximum absolute atomic E-state index is 13.4. The van der Waals surface area contributed by atoms with Crippen molar-refractivity contribution in [2.24, 2.45) is 5.73 Å². The van der Waals surface area contributed by atoms with Crippen molar-refractivity contribution in [3.63, 3.8) is 0 Å². The maximum atomic E-state index is 13.4. The monoisotopic (exact) mass is 256 g/mol. The van der Waals surface area contributed by atoms with E-state index < -0.39 is 11.6 Å². The van der Waals surface area contributed by atoms with Crippen LogP contribution in [0.4, 0.5) is 8.78 Å². The Morgan fingerprint density at radius 3 is 2.22 bits per heavy atom. The molecule has 1 aromatic rings. The van der Waals surface area contributed by atoms with Gasteiger partial charge in [-0.1, -0.05) is 19.9 Å². The lowest BCUT2D eigenvalue weighted by Gasteiger charge is -2.20. The van der Waals surface area contributed by atoms with Crippen LogP contribution in [-0.4, -0.2) is 30.6 Å². The Kier molecular flexibility index (Phi) is 6.22. The molecule has 1 aromatic carbocycles. The number of nitrogens with zero attached hydrogens (tertiary/aromatic N) is 1. The van der Waals surface area contributed by atoms with Crippen molar-refractivity contribution in [3.8, 4) is 0 Å². The van der Waals surface area contributed by atoms with E-state index in [1.54, 1.807) is 0 Å². The summed E-state index contributed by atoms with van der Waals surface area (Å²) in [6.45, 7) is 6.98. The minimum Gasteiger partial charge on any atom is -0.327 e. The van der Waals surface area contributed by atoms with Crippen molar-refractivity contribution >= 4 is 0 Å². The SMILES string of the molecule is CCN(CC)CCC(N)Cc1c(F)cccc1F. The van der Waals surface area contributed by atoms with E-state index in [2.05, 4.69) is 18.7 Å². The van der Waals surface area contributed by atoms with E-state index in [0.717, 1.165) is 26.1 Å². The molecule has 1 rings (SSSR count). The van der Waals surface area contributed by atoms with E-state index in [9.17, 15) is 8.78 Å². The van der Waals surface area contributed by atoms with Gasteiger partial charge in [-0.3, -0.25) is 0 Å². The second-order valence-corrected chi connectivity index (χ2v) is 4.48. The highest BCUT2D eigenvalue weighted by molar-refractivity contribution is 5.20. The van der Waals surface area contributed by atoms with Gasteiger partial charge in [-0.15, -0.1) is 0 Å². The van der Waals surface area contributed by atoms with E-state index in [1.807, 2.05) is 0 Å². The van der Waals surface area contributed by atoms with Crippen LogP contribution in [0.5, 0.6) is 0 Å². The first-order valence-corrected chi connectivity index (χ1v) is 6.49. The lowest BCUT2D eigenvalue weighted by molar-refractivity contribution is 0.289. The van der Waals surface area contributed by atoms with Crippen molar-refractivity contribution in [2.75, 3.05) is 19.6 Å². The summed E-state index contributed by atoms with van der Waals surface area (Å²) in [6, 6.07) is 3.71. The zero-order valence-electron chi connectivity index (χ0n) is 11.1. The van der Waals surface area contributed by atoms with Gasteiger partial charge in [-0.05, 0) is 44.6 Å². The van der Waals surface area contributed by atoms with Gasteiger partial charge < -0.3 is 10.6 Å². The summed E-state index contributed by atoms with van der Waals surface area (Å²) in [5.41, 5.74) is 6.04. The van der Waals surface area contributed by atoms with E-state index in [-0.39, 0.29) is 18.0 Å². The largest absolute Gasteiger partial charge is 0.327 e. The molecule has 0 heterocycles. The van der Waals surface area contributed by atoms with Gasteiger partial charge >= 0.3 is 0 Å². The van der Waals surface area contributed by atoms with Gasteiger partial charge in [0, 0.05) is 11.6 Å².